The summed E-state index contributed by atoms with van der Waals surface area (Å²) in [4.78, 5) is 32.7. The lowest BCUT2D eigenvalue weighted by molar-refractivity contribution is -0.422. The quantitative estimate of drug-likeness (QED) is 0.469. The predicted molar refractivity (Wildman–Crippen MR) is 83.1 cm³/mol. The van der Waals surface area contributed by atoms with Crippen molar-refractivity contribution in [2.75, 3.05) is 0 Å². The molecule has 0 fully saturated rings. The van der Waals surface area contributed by atoms with Crippen LogP contribution in [0.25, 0.3) is 11.1 Å². The zero-order valence-corrected chi connectivity index (χ0v) is 12.7. The summed E-state index contributed by atoms with van der Waals surface area (Å²) in [6.45, 7) is 0. The number of hydrogen-bond acceptors (Lipinski definition) is 5. The highest BCUT2D eigenvalue weighted by Crippen LogP contribution is 2.40. The number of carbonyl (C=O) groups is 1. The van der Waals surface area contributed by atoms with Crippen LogP contribution in [0.5, 0.6) is 0 Å². The Morgan fingerprint density at radius 3 is 2.04 bits per heavy atom. The van der Waals surface area contributed by atoms with Gasteiger partial charge in [0.05, 0.1) is 21.0 Å². The van der Waals surface area contributed by atoms with Gasteiger partial charge in [-0.1, -0.05) is 30.3 Å². The third-order valence-corrected chi connectivity index (χ3v) is 3.29. The van der Waals surface area contributed by atoms with Crippen LogP contribution in [0.2, 0.25) is 0 Å². The molecule has 0 bridgehead atoms. The summed E-state index contributed by atoms with van der Waals surface area (Å²) >= 11 is 10.8. The van der Waals surface area contributed by atoms with Gasteiger partial charge in [-0.25, -0.2) is 0 Å². The zero-order chi connectivity index (χ0) is 17.1. The molecular formula is C13H7Cl2N3O5. The first-order chi connectivity index (χ1) is 10.8. The molecule has 0 N–H and O–H groups in total. The van der Waals surface area contributed by atoms with Gasteiger partial charge in [0.15, 0.2) is 0 Å². The van der Waals surface area contributed by atoms with Crippen LogP contribution in [-0.4, -0.2) is 19.7 Å². The van der Waals surface area contributed by atoms with Crippen molar-refractivity contribution in [1.29, 1.82) is 0 Å². The summed E-state index contributed by atoms with van der Waals surface area (Å²) in [5, 5.41) is 22.5. The van der Waals surface area contributed by atoms with E-state index in [2.05, 4.69) is 0 Å². The molecule has 118 valence electrons. The van der Waals surface area contributed by atoms with Crippen LogP contribution >= 0.6 is 23.6 Å². The summed E-state index contributed by atoms with van der Waals surface area (Å²) in [5.74, 6) is -0.940. The summed E-state index contributed by atoms with van der Waals surface area (Å²) in [5.41, 5.74) is -1.73. The summed E-state index contributed by atoms with van der Waals surface area (Å²) in [7, 11) is 0. The molecule has 0 saturated carbocycles. The van der Waals surface area contributed by atoms with Crippen molar-refractivity contribution in [2.24, 2.45) is 0 Å². The monoisotopic (exact) mass is 355 g/mol. The number of amides is 1. The van der Waals surface area contributed by atoms with E-state index in [1.54, 1.807) is 18.2 Å². The maximum Gasteiger partial charge on any atom is 0.354 e. The maximum atomic E-state index is 12.1. The number of halogens is 2. The molecular weight excluding hydrogens is 349 g/mol. The molecule has 0 aliphatic carbocycles. The van der Waals surface area contributed by atoms with Crippen molar-refractivity contribution in [3.8, 4) is 11.1 Å². The van der Waals surface area contributed by atoms with Gasteiger partial charge in [-0.15, -0.1) is 0 Å². The predicted octanol–water partition coefficient (Wildman–Crippen LogP) is 3.92. The van der Waals surface area contributed by atoms with E-state index in [-0.39, 0.29) is 20.6 Å². The first kappa shape index (κ1) is 16.7. The third kappa shape index (κ3) is 3.22. The maximum absolute atomic E-state index is 12.1. The smallest absolute Gasteiger partial charge is 0.266 e. The van der Waals surface area contributed by atoms with Crippen molar-refractivity contribution < 1.29 is 14.6 Å². The molecule has 8 nitrogen and oxygen atoms in total. The third-order valence-electron chi connectivity index (χ3n) is 2.98. The van der Waals surface area contributed by atoms with Gasteiger partial charge < -0.3 is 0 Å². The molecule has 0 radical (unpaired) electrons. The Kier molecular flexibility index (Phi) is 4.77. The van der Waals surface area contributed by atoms with Gasteiger partial charge in [0.2, 0.25) is 0 Å². The van der Waals surface area contributed by atoms with Crippen LogP contribution in [0.4, 0.5) is 11.4 Å². The molecule has 0 atom stereocenters. The van der Waals surface area contributed by atoms with Gasteiger partial charge in [-0.3, -0.25) is 25.0 Å². The second kappa shape index (κ2) is 6.59. The zero-order valence-electron chi connectivity index (χ0n) is 11.2. The summed E-state index contributed by atoms with van der Waals surface area (Å²) in [6.07, 6.45) is 0. The molecule has 0 saturated heterocycles. The Bertz CT molecular complexity index is 796. The van der Waals surface area contributed by atoms with Crippen LogP contribution in [0.1, 0.15) is 10.4 Å². The minimum atomic E-state index is -0.940. The molecule has 0 aliphatic heterocycles. The van der Waals surface area contributed by atoms with Crippen molar-refractivity contribution in [3.05, 3.63) is 68.3 Å². The van der Waals surface area contributed by atoms with E-state index in [1.807, 2.05) is 0 Å². The minimum absolute atomic E-state index is 0.206. The molecule has 0 aliphatic rings. The largest absolute Gasteiger partial charge is 0.354 e. The molecule has 2 aromatic carbocycles. The molecule has 2 aromatic rings. The van der Waals surface area contributed by atoms with Crippen molar-refractivity contribution in [3.63, 3.8) is 0 Å². The summed E-state index contributed by atoms with van der Waals surface area (Å²) in [6, 6.07) is 9.72. The molecule has 0 heterocycles. The number of benzene rings is 2. The van der Waals surface area contributed by atoms with Gasteiger partial charge in [-0.05, 0) is 11.6 Å². The number of nitro groups is 2. The van der Waals surface area contributed by atoms with Gasteiger partial charge in [-0.2, -0.15) is 3.94 Å². The van der Waals surface area contributed by atoms with Crippen molar-refractivity contribution in [1.82, 2.24) is 3.94 Å². The fraction of sp³-hybridized carbons (Fsp3) is 0. The molecule has 0 spiro atoms. The molecule has 23 heavy (non-hydrogen) atoms. The highest BCUT2D eigenvalue weighted by atomic mass is 35.5. The lowest BCUT2D eigenvalue weighted by Crippen LogP contribution is -2.14. The Hall–Kier alpha value is -2.71. The van der Waals surface area contributed by atoms with Crippen molar-refractivity contribution in [2.45, 2.75) is 0 Å². The van der Waals surface area contributed by atoms with E-state index in [4.69, 9.17) is 23.6 Å². The number of nitrogens with zero attached hydrogens (tertiary/aromatic N) is 3. The fourth-order valence-electron chi connectivity index (χ4n) is 2.08. The van der Waals surface area contributed by atoms with E-state index in [1.165, 1.54) is 12.1 Å². The van der Waals surface area contributed by atoms with Crippen LogP contribution in [0.3, 0.4) is 0 Å². The Morgan fingerprint density at radius 1 is 0.957 bits per heavy atom. The standard InChI is InChI=1S/C13H7Cl2N3O5/c14-16(15)13(19)9-6-7-10(17(20)21)12(18(22)23)11(9)8-4-2-1-3-5-8/h1-7H. The van der Waals surface area contributed by atoms with Crippen LogP contribution in [0, 0.1) is 20.2 Å². The average Bonchev–Trinajstić information content (AvgIpc) is 2.53. The van der Waals surface area contributed by atoms with Crippen LogP contribution in [0.15, 0.2) is 42.5 Å². The Balaban J connectivity index is 2.90. The highest BCUT2D eigenvalue weighted by Gasteiger charge is 2.34. The van der Waals surface area contributed by atoms with Gasteiger partial charge in [0.1, 0.15) is 0 Å². The van der Waals surface area contributed by atoms with E-state index in [0.29, 0.717) is 0 Å². The van der Waals surface area contributed by atoms with Crippen LogP contribution < -0.4 is 0 Å². The first-order valence-electron chi connectivity index (χ1n) is 6.01. The molecule has 2 rings (SSSR count). The lowest BCUT2D eigenvalue weighted by atomic mass is 9.96. The SMILES string of the molecule is O=C(c1ccc([N+](=O)[O-])c([N+](=O)[O-])c1-c1ccccc1)N(Cl)Cl. The molecule has 0 unspecified atom stereocenters. The number of hydrogen-bond donors (Lipinski definition) is 0. The number of nitro benzene ring substituents is 2. The molecule has 10 heteroatoms. The van der Waals surface area contributed by atoms with E-state index in [9.17, 15) is 25.0 Å². The van der Waals surface area contributed by atoms with E-state index >= 15 is 0 Å². The van der Waals surface area contributed by atoms with Crippen LogP contribution in [-0.2, 0) is 0 Å². The fourth-order valence-corrected chi connectivity index (χ4v) is 2.26. The normalized spacial score (nSPS) is 10.2. The van der Waals surface area contributed by atoms with E-state index in [0.717, 1.165) is 12.1 Å². The second-order valence-corrected chi connectivity index (χ2v) is 5.12. The molecule has 0 aromatic heterocycles. The number of rotatable bonds is 4. The Labute approximate surface area is 139 Å². The Morgan fingerprint density at radius 2 is 1.57 bits per heavy atom. The van der Waals surface area contributed by atoms with Gasteiger partial charge >= 0.3 is 11.4 Å². The van der Waals surface area contributed by atoms with Gasteiger partial charge in [0, 0.05) is 29.6 Å². The number of carbonyl (C=O) groups excluding carboxylic acids is 1. The minimum Gasteiger partial charge on any atom is -0.266 e. The average molecular weight is 356 g/mol. The van der Waals surface area contributed by atoms with Crippen molar-refractivity contribution >= 4 is 40.8 Å². The van der Waals surface area contributed by atoms with E-state index < -0.39 is 27.1 Å². The molecule has 1 amide bonds. The second-order valence-electron chi connectivity index (χ2n) is 4.27. The topological polar surface area (TPSA) is 107 Å². The highest BCUT2D eigenvalue weighted by molar-refractivity contribution is 6.43. The van der Waals surface area contributed by atoms with Gasteiger partial charge in [0.25, 0.3) is 5.91 Å². The summed E-state index contributed by atoms with van der Waals surface area (Å²) < 4.78 is 0.206. The lowest BCUT2D eigenvalue weighted by Gasteiger charge is -2.11. The first-order valence-corrected chi connectivity index (χ1v) is 6.69.